The second-order valence-corrected chi connectivity index (χ2v) is 12.7. The first-order valence-electron chi connectivity index (χ1n) is 15.1. The number of ether oxygens (including phenoxy) is 2. The molecule has 2 aromatic heterocycles. The summed E-state index contributed by atoms with van der Waals surface area (Å²) in [5.74, 6) is 15.3. The Kier molecular flexibility index (Phi) is 14.4. The molecule has 3 rings (SSSR count). The molecule has 2 unspecified atom stereocenters. The molecule has 0 aliphatic rings. The van der Waals surface area contributed by atoms with Crippen LogP contribution in [0.4, 0.5) is 0 Å². The smallest absolute Gasteiger partial charge is 0.160 e. The lowest BCUT2D eigenvalue weighted by atomic mass is 10.00. The third-order valence-electron chi connectivity index (χ3n) is 7.24. The molecule has 0 radical (unpaired) electrons. The van der Waals surface area contributed by atoms with Crippen LogP contribution in [0.1, 0.15) is 119 Å². The van der Waals surface area contributed by atoms with Gasteiger partial charge in [0, 0.05) is 12.1 Å². The largest absolute Gasteiger partial charge is 0.492 e. The van der Waals surface area contributed by atoms with Gasteiger partial charge >= 0.3 is 0 Å². The van der Waals surface area contributed by atoms with Crippen LogP contribution in [0.15, 0.2) is 36.4 Å². The summed E-state index contributed by atoms with van der Waals surface area (Å²) in [7, 11) is 0. The SMILES string of the molecule is CCCCC(CC)COc1cc(C#Cc2ccc(C=O)s2)c(OCC(CC)CCCC)cc1C#Cc1ccc(C=O)s1. The third kappa shape index (κ3) is 10.5. The van der Waals surface area contributed by atoms with Gasteiger partial charge in [0.25, 0.3) is 0 Å². The van der Waals surface area contributed by atoms with Crippen LogP contribution >= 0.6 is 22.7 Å². The topological polar surface area (TPSA) is 52.6 Å². The van der Waals surface area contributed by atoms with Crippen molar-refractivity contribution >= 4 is 35.2 Å². The molecular formula is C36H42O4S2. The lowest BCUT2D eigenvalue weighted by molar-refractivity contribution is 0.111. The van der Waals surface area contributed by atoms with Crippen molar-refractivity contribution in [3.8, 4) is 35.2 Å². The van der Waals surface area contributed by atoms with E-state index >= 15 is 0 Å². The summed E-state index contributed by atoms with van der Waals surface area (Å²) < 4.78 is 12.9. The molecule has 0 amide bonds. The molecule has 0 spiro atoms. The number of aldehydes is 2. The zero-order valence-corrected chi connectivity index (χ0v) is 26.9. The van der Waals surface area contributed by atoms with Crippen molar-refractivity contribution in [3.63, 3.8) is 0 Å². The molecule has 0 aliphatic carbocycles. The molecule has 0 saturated carbocycles. The van der Waals surface area contributed by atoms with Crippen molar-refractivity contribution < 1.29 is 19.1 Å². The van der Waals surface area contributed by atoms with Crippen LogP contribution in [-0.2, 0) is 0 Å². The summed E-state index contributed by atoms with van der Waals surface area (Å²) in [6.07, 6.45) is 10.7. The Morgan fingerprint density at radius 1 is 0.667 bits per heavy atom. The van der Waals surface area contributed by atoms with Gasteiger partial charge in [-0.2, -0.15) is 0 Å². The minimum absolute atomic E-state index is 0.459. The van der Waals surface area contributed by atoms with E-state index in [9.17, 15) is 9.59 Å². The highest BCUT2D eigenvalue weighted by Gasteiger charge is 2.15. The van der Waals surface area contributed by atoms with Gasteiger partial charge in [-0.05, 0) is 48.9 Å². The molecule has 4 nitrogen and oxygen atoms in total. The Balaban J connectivity index is 2.04. The Morgan fingerprint density at radius 2 is 1.10 bits per heavy atom. The van der Waals surface area contributed by atoms with Crippen molar-refractivity contribution in [2.75, 3.05) is 13.2 Å². The Morgan fingerprint density at radius 3 is 1.43 bits per heavy atom. The molecule has 42 heavy (non-hydrogen) atoms. The van der Waals surface area contributed by atoms with Crippen LogP contribution in [0.3, 0.4) is 0 Å². The van der Waals surface area contributed by atoms with Crippen LogP contribution in [0, 0.1) is 35.5 Å². The Hall–Kier alpha value is -3.32. The Labute approximate surface area is 259 Å². The van der Waals surface area contributed by atoms with E-state index in [0.29, 0.717) is 46.3 Å². The van der Waals surface area contributed by atoms with Gasteiger partial charge in [-0.15, -0.1) is 22.7 Å². The minimum atomic E-state index is 0.459. The molecule has 0 bridgehead atoms. The van der Waals surface area contributed by atoms with Gasteiger partial charge in [-0.3, -0.25) is 9.59 Å². The molecule has 0 saturated heterocycles. The van der Waals surface area contributed by atoms with E-state index in [1.54, 1.807) is 12.1 Å². The second-order valence-electron chi connectivity index (χ2n) is 10.4. The lowest BCUT2D eigenvalue weighted by Gasteiger charge is -2.19. The molecule has 0 fully saturated rings. The number of benzene rings is 1. The maximum Gasteiger partial charge on any atom is 0.160 e. The molecule has 3 aromatic rings. The number of thiophene rings is 2. The zero-order valence-electron chi connectivity index (χ0n) is 25.3. The molecule has 222 valence electrons. The fourth-order valence-corrected chi connectivity index (χ4v) is 5.78. The van der Waals surface area contributed by atoms with E-state index in [2.05, 4.69) is 51.4 Å². The van der Waals surface area contributed by atoms with Gasteiger partial charge in [0.05, 0.1) is 43.8 Å². The molecule has 0 aliphatic heterocycles. The van der Waals surface area contributed by atoms with Crippen LogP contribution < -0.4 is 9.47 Å². The number of hydrogen-bond donors (Lipinski definition) is 0. The molecule has 2 heterocycles. The normalized spacial score (nSPS) is 11.9. The number of carbonyl (C=O) groups excluding carboxylic acids is 2. The quantitative estimate of drug-likeness (QED) is 0.121. The first kappa shape index (κ1) is 33.2. The highest BCUT2D eigenvalue weighted by molar-refractivity contribution is 7.14. The first-order valence-corrected chi connectivity index (χ1v) is 16.7. The second kappa shape index (κ2) is 18.3. The van der Waals surface area contributed by atoms with E-state index in [1.807, 2.05) is 24.3 Å². The maximum atomic E-state index is 11.2. The van der Waals surface area contributed by atoms with Crippen LogP contribution in [0.25, 0.3) is 0 Å². The summed E-state index contributed by atoms with van der Waals surface area (Å²) in [6.45, 7) is 10.0. The molecule has 6 heteroatoms. The standard InChI is InChI=1S/C36H42O4S2/c1-5-9-11-27(7-3)25-39-35-21-30(14-16-32-18-20-34(24-38)42-32)36(40-26-28(8-4)12-10-6-2)22-29(35)13-15-31-17-19-33(23-37)41-31/h17-24,27-28H,5-12,25-26H2,1-4H3. The summed E-state index contributed by atoms with van der Waals surface area (Å²) in [5.41, 5.74) is 1.48. The summed E-state index contributed by atoms with van der Waals surface area (Å²) >= 11 is 2.74. The van der Waals surface area contributed by atoms with E-state index in [1.165, 1.54) is 35.5 Å². The minimum Gasteiger partial charge on any atom is -0.492 e. The van der Waals surface area contributed by atoms with Crippen molar-refractivity contribution in [2.24, 2.45) is 11.8 Å². The average molecular weight is 603 g/mol. The highest BCUT2D eigenvalue weighted by Crippen LogP contribution is 2.31. The summed E-state index contributed by atoms with van der Waals surface area (Å²) in [4.78, 5) is 25.3. The lowest BCUT2D eigenvalue weighted by Crippen LogP contribution is -2.13. The van der Waals surface area contributed by atoms with E-state index < -0.39 is 0 Å². The van der Waals surface area contributed by atoms with Crippen molar-refractivity contribution in [3.05, 3.63) is 67.0 Å². The summed E-state index contributed by atoms with van der Waals surface area (Å²) in [5, 5.41) is 0. The van der Waals surface area contributed by atoms with Crippen LogP contribution in [-0.4, -0.2) is 25.8 Å². The predicted octanol–water partition coefficient (Wildman–Crippen LogP) is 9.42. The van der Waals surface area contributed by atoms with Gasteiger partial charge in [-0.1, -0.05) is 89.9 Å². The van der Waals surface area contributed by atoms with Crippen molar-refractivity contribution in [1.82, 2.24) is 0 Å². The first-order chi connectivity index (χ1) is 20.5. The highest BCUT2D eigenvalue weighted by atomic mass is 32.1. The molecule has 0 N–H and O–H groups in total. The fraction of sp³-hybridized carbons (Fsp3) is 0.444. The Bertz CT molecular complexity index is 1300. The third-order valence-corrected chi connectivity index (χ3v) is 9.10. The van der Waals surface area contributed by atoms with E-state index in [0.717, 1.165) is 72.0 Å². The molecule has 1 aromatic carbocycles. The fourth-order valence-electron chi connectivity index (χ4n) is 4.43. The molecular weight excluding hydrogens is 561 g/mol. The predicted molar refractivity (Wildman–Crippen MR) is 175 cm³/mol. The van der Waals surface area contributed by atoms with Crippen molar-refractivity contribution in [1.29, 1.82) is 0 Å². The maximum absolute atomic E-state index is 11.2. The van der Waals surface area contributed by atoms with E-state index in [-0.39, 0.29) is 0 Å². The van der Waals surface area contributed by atoms with Crippen LogP contribution in [0.5, 0.6) is 11.5 Å². The number of carbonyl (C=O) groups is 2. The van der Waals surface area contributed by atoms with Gasteiger partial charge in [0.2, 0.25) is 0 Å². The number of unbranched alkanes of at least 4 members (excludes halogenated alkanes) is 2. The van der Waals surface area contributed by atoms with Crippen LogP contribution in [0.2, 0.25) is 0 Å². The summed E-state index contributed by atoms with van der Waals surface area (Å²) in [6, 6.07) is 11.2. The zero-order chi connectivity index (χ0) is 30.2. The number of rotatable bonds is 16. The van der Waals surface area contributed by atoms with Gasteiger partial charge in [0.1, 0.15) is 11.5 Å². The van der Waals surface area contributed by atoms with Gasteiger partial charge in [-0.25, -0.2) is 0 Å². The van der Waals surface area contributed by atoms with Gasteiger partial charge in [0.15, 0.2) is 12.6 Å². The van der Waals surface area contributed by atoms with Crippen molar-refractivity contribution in [2.45, 2.75) is 79.1 Å². The molecule has 2 atom stereocenters. The average Bonchev–Trinajstić information content (AvgIpc) is 3.69. The monoisotopic (exact) mass is 602 g/mol. The van der Waals surface area contributed by atoms with E-state index in [4.69, 9.17) is 9.47 Å². The number of hydrogen-bond acceptors (Lipinski definition) is 6. The van der Waals surface area contributed by atoms with Gasteiger partial charge < -0.3 is 9.47 Å².